The molecular weight excluding hydrogens is 292 g/mol. The number of hydrogen-bond acceptors (Lipinski definition) is 4. The van der Waals surface area contributed by atoms with Crippen molar-refractivity contribution in [3.63, 3.8) is 0 Å². The van der Waals surface area contributed by atoms with Gasteiger partial charge in [-0.1, -0.05) is 17.4 Å². The van der Waals surface area contributed by atoms with E-state index in [4.69, 9.17) is 0 Å². The third kappa shape index (κ3) is 3.74. The van der Waals surface area contributed by atoms with Gasteiger partial charge < -0.3 is 9.88 Å². The topological polar surface area (TPSA) is 51.1 Å². The van der Waals surface area contributed by atoms with E-state index in [2.05, 4.69) is 5.32 Å². The highest BCUT2D eigenvalue weighted by molar-refractivity contribution is 7.98. The second-order valence-electron chi connectivity index (χ2n) is 4.32. The number of benzene rings is 1. The molecule has 0 bridgehead atoms. The van der Waals surface area contributed by atoms with Gasteiger partial charge in [-0.2, -0.15) is 0 Å². The van der Waals surface area contributed by atoms with Crippen molar-refractivity contribution in [2.45, 2.75) is 24.8 Å². The highest BCUT2D eigenvalue weighted by Gasteiger charge is 2.07. The highest BCUT2D eigenvalue weighted by Crippen LogP contribution is 2.19. The van der Waals surface area contributed by atoms with Crippen molar-refractivity contribution < 1.29 is 4.79 Å². The molecule has 1 amide bonds. The molecule has 1 heterocycles. The van der Waals surface area contributed by atoms with E-state index in [-0.39, 0.29) is 10.8 Å². The maximum absolute atomic E-state index is 11.9. The number of carbonyl (C=O) groups excluding carboxylic acids is 1. The molecule has 20 heavy (non-hydrogen) atoms. The number of carbonyl (C=O) groups is 1. The van der Waals surface area contributed by atoms with E-state index in [0.717, 1.165) is 27.6 Å². The molecule has 1 aromatic heterocycles. The van der Waals surface area contributed by atoms with E-state index in [1.165, 1.54) is 0 Å². The summed E-state index contributed by atoms with van der Waals surface area (Å²) in [6, 6.07) is 7.70. The Morgan fingerprint density at radius 3 is 2.90 bits per heavy atom. The lowest BCUT2D eigenvalue weighted by molar-refractivity contribution is -0.116. The molecule has 0 aliphatic rings. The van der Waals surface area contributed by atoms with Crippen LogP contribution in [0.15, 0.2) is 39.3 Å². The summed E-state index contributed by atoms with van der Waals surface area (Å²) in [5.74, 6) is -0.0826. The average molecular weight is 308 g/mol. The minimum absolute atomic E-state index is 0.0142. The van der Waals surface area contributed by atoms with Crippen LogP contribution in [0.1, 0.15) is 12.1 Å². The van der Waals surface area contributed by atoms with Gasteiger partial charge in [-0.3, -0.25) is 9.59 Å². The van der Waals surface area contributed by atoms with Crippen molar-refractivity contribution in [3.8, 4) is 0 Å². The minimum Gasteiger partial charge on any atom is -0.326 e. The molecule has 0 fully saturated rings. The van der Waals surface area contributed by atoms with E-state index in [0.29, 0.717) is 13.0 Å². The predicted molar refractivity (Wildman–Crippen MR) is 84.8 cm³/mol. The van der Waals surface area contributed by atoms with Crippen LogP contribution in [0.2, 0.25) is 0 Å². The van der Waals surface area contributed by atoms with Crippen LogP contribution in [0, 0.1) is 6.92 Å². The van der Waals surface area contributed by atoms with Crippen LogP contribution in [0.3, 0.4) is 0 Å². The number of aromatic nitrogens is 1. The molecule has 2 aromatic rings. The Balaban J connectivity index is 1.94. The Morgan fingerprint density at radius 2 is 2.25 bits per heavy atom. The van der Waals surface area contributed by atoms with Gasteiger partial charge in [0.05, 0.1) is 0 Å². The van der Waals surface area contributed by atoms with Gasteiger partial charge in [0.25, 0.3) is 0 Å². The summed E-state index contributed by atoms with van der Waals surface area (Å²) in [6.07, 6.45) is 2.29. The number of rotatable bonds is 5. The molecule has 1 aromatic carbocycles. The Hall–Kier alpha value is -1.53. The number of amides is 1. The monoisotopic (exact) mass is 308 g/mol. The molecule has 0 radical (unpaired) electrons. The van der Waals surface area contributed by atoms with Crippen LogP contribution < -0.4 is 10.2 Å². The summed E-state index contributed by atoms with van der Waals surface area (Å²) in [6.45, 7) is 2.29. The van der Waals surface area contributed by atoms with Crippen molar-refractivity contribution in [2.75, 3.05) is 11.6 Å². The van der Waals surface area contributed by atoms with Gasteiger partial charge in [-0.25, -0.2) is 0 Å². The summed E-state index contributed by atoms with van der Waals surface area (Å²) in [4.78, 5) is 24.5. The zero-order valence-electron chi connectivity index (χ0n) is 11.4. The minimum atomic E-state index is -0.0826. The van der Waals surface area contributed by atoms with E-state index >= 15 is 0 Å². The van der Waals surface area contributed by atoms with Crippen molar-refractivity contribution in [2.24, 2.45) is 0 Å². The van der Waals surface area contributed by atoms with Crippen LogP contribution in [0.4, 0.5) is 5.69 Å². The fourth-order valence-corrected chi connectivity index (χ4v) is 3.03. The van der Waals surface area contributed by atoms with Gasteiger partial charge in [0.1, 0.15) is 0 Å². The Kier molecular flexibility index (Phi) is 5.03. The number of aryl methyl sites for hydroxylation is 1. The Labute approximate surface area is 125 Å². The van der Waals surface area contributed by atoms with Crippen molar-refractivity contribution in [3.05, 3.63) is 45.0 Å². The van der Waals surface area contributed by atoms with Gasteiger partial charge in [-0.15, -0.1) is 11.8 Å². The van der Waals surface area contributed by atoms with E-state index in [9.17, 15) is 9.59 Å². The fourth-order valence-electron chi connectivity index (χ4n) is 1.81. The molecular formula is C14H16N2O2S2. The second-order valence-corrected chi connectivity index (χ2v) is 6.03. The number of thiazole rings is 1. The first-order chi connectivity index (χ1) is 9.60. The molecule has 0 aliphatic heterocycles. The lowest BCUT2D eigenvalue weighted by Gasteiger charge is -2.07. The van der Waals surface area contributed by atoms with Gasteiger partial charge in [0.15, 0.2) is 0 Å². The quantitative estimate of drug-likeness (QED) is 0.864. The second kappa shape index (κ2) is 6.76. The summed E-state index contributed by atoms with van der Waals surface area (Å²) < 4.78 is 1.63. The molecule has 106 valence electrons. The zero-order valence-corrected chi connectivity index (χ0v) is 13.0. The molecule has 0 saturated carbocycles. The predicted octanol–water partition coefficient (Wildman–Crippen LogP) is 2.97. The van der Waals surface area contributed by atoms with Gasteiger partial charge in [0, 0.05) is 34.6 Å². The molecule has 2 rings (SSSR count). The Bertz CT molecular complexity index is 661. The molecule has 0 unspecified atom stereocenters. The largest absolute Gasteiger partial charge is 0.326 e. The molecule has 0 saturated heterocycles. The lowest BCUT2D eigenvalue weighted by Crippen LogP contribution is -2.20. The van der Waals surface area contributed by atoms with Crippen LogP contribution >= 0.6 is 23.1 Å². The van der Waals surface area contributed by atoms with Crippen LogP contribution in [0.25, 0.3) is 0 Å². The molecule has 0 aliphatic carbocycles. The van der Waals surface area contributed by atoms with Crippen LogP contribution in [0.5, 0.6) is 0 Å². The lowest BCUT2D eigenvalue weighted by atomic mass is 10.3. The fraction of sp³-hybridized carbons (Fsp3) is 0.286. The number of nitrogens with zero attached hydrogens (tertiary/aromatic N) is 1. The summed E-state index contributed by atoms with van der Waals surface area (Å²) in [5, 5.41) is 4.66. The zero-order chi connectivity index (χ0) is 14.5. The SMILES string of the molecule is CSc1cccc(NC(=O)CCn2c(C)csc2=O)c1. The maximum Gasteiger partial charge on any atom is 0.307 e. The van der Waals surface area contributed by atoms with E-state index in [1.54, 1.807) is 16.3 Å². The average Bonchev–Trinajstić information content (AvgIpc) is 2.76. The molecule has 0 atom stereocenters. The normalized spacial score (nSPS) is 10.5. The summed E-state index contributed by atoms with van der Waals surface area (Å²) in [7, 11) is 0. The molecule has 0 spiro atoms. The van der Waals surface area contributed by atoms with Crippen molar-refractivity contribution in [1.82, 2.24) is 4.57 Å². The first kappa shape index (κ1) is 14.9. The smallest absolute Gasteiger partial charge is 0.307 e. The molecule has 1 N–H and O–H groups in total. The molecule has 4 nitrogen and oxygen atoms in total. The summed E-state index contributed by atoms with van der Waals surface area (Å²) in [5.41, 5.74) is 1.69. The summed E-state index contributed by atoms with van der Waals surface area (Å²) >= 11 is 2.79. The van der Waals surface area contributed by atoms with Crippen LogP contribution in [-0.2, 0) is 11.3 Å². The van der Waals surface area contributed by atoms with Crippen LogP contribution in [-0.4, -0.2) is 16.7 Å². The highest BCUT2D eigenvalue weighted by atomic mass is 32.2. The maximum atomic E-state index is 11.9. The first-order valence-corrected chi connectivity index (χ1v) is 8.29. The third-order valence-electron chi connectivity index (χ3n) is 2.89. The van der Waals surface area contributed by atoms with Gasteiger partial charge >= 0.3 is 4.87 Å². The van der Waals surface area contributed by atoms with Crippen molar-refractivity contribution >= 4 is 34.7 Å². The van der Waals surface area contributed by atoms with E-state index < -0.39 is 0 Å². The Morgan fingerprint density at radius 1 is 1.45 bits per heavy atom. The number of thioether (sulfide) groups is 1. The first-order valence-electron chi connectivity index (χ1n) is 6.19. The van der Waals surface area contributed by atoms with Gasteiger partial charge in [0.2, 0.25) is 5.91 Å². The number of nitrogens with one attached hydrogen (secondary N) is 1. The molecule has 6 heteroatoms. The standard InChI is InChI=1S/C14H16N2O2S2/c1-10-9-20-14(18)16(10)7-6-13(17)15-11-4-3-5-12(8-11)19-2/h3-5,8-9H,6-7H2,1-2H3,(H,15,17). The van der Waals surface area contributed by atoms with Crippen molar-refractivity contribution in [1.29, 1.82) is 0 Å². The third-order valence-corrected chi connectivity index (χ3v) is 4.50. The van der Waals surface area contributed by atoms with E-state index in [1.807, 2.05) is 42.8 Å². The number of anilines is 1. The number of hydrogen-bond donors (Lipinski definition) is 1. The van der Waals surface area contributed by atoms with Gasteiger partial charge in [-0.05, 0) is 31.4 Å².